The SMILES string of the molecule is Cc1ccc(NC(=O)c2n[nH]c3c2CNCC3)c(O)c1.Cl. The van der Waals surface area contributed by atoms with Gasteiger partial charge in [-0.15, -0.1) is 12.4 Å². The summed E-state index contributed by atoms with van der Waals surface area (Å²) in [5.74, 6) is -0.258. The number of hydrogen-bond donors (Lipinski definition) is 4. The smallest absolute Gasteiger partial charge is 0.276 e. The number of anilines is 1. The molecule has 21 heavy (non-hydrogen) atoms. The van der Waals surface area contributed by atoms with Crippen molar-refractivity contribution in [3.05, 3.63) is 40.7 Å². The van der Waals surface area contributed by atoms with Crippen molar-refractivity contribution in [3.63, 3.8) is 0 Å². The lowest BCUT2D eigenvalue weighted by Gasteiger charge is -2.13. The van der Waals surface area contributed by atoms with Gasteiger partial charge in [-0.25, -0.2) is 0 Å². The fraction of sp³-hybridized carbons (Fsp3) is 0.286. The molecular formula is C14H17ClN4O2. The summed E-state index contributed by atoms with van der Waals surface area (Å²) in [5.41, 5.74) is 3.61. The van der Waals surface area contributed by atoms with Crippen molar-refractivity contribution in [2.75, 3.05) is 11.9 Å². The van der Waals surface area contributed by atoms with Gasteiger partial charge in [0.1, 0.15) is 5.75 Å². The van der Waals surface area contributed by atoms with E-state index < -0.39 is 0 Å². The fourth-order valence-corrected chi connectivity index (χ4v) is 2.34. The highest BCUT2D eigenvalue weighted by atomic mass is 35.5. The number of nitrogens with one attached hydrogen (secondary N) is 3. The molecule has 1 aromatic carbocycles. The number of carbonyl (C=O) groups excluding carboxylic acids is 1. The molecule has 4 N–H and O–H groups in total. The minimum absolute atomic E-state index is 0. The Morgan fingerprint density at radius 2 is 2.24 bits per heavy atom. The number of aromatic amines is 1. The lowest BCUT2D eigenvalue weighted by molar-refractivity contribution is 0.102. The standard InChI is InChI=1S/C14H16N4O2.ClH/c1-8-2-3-11(12(19)6-8)16-14(20)13-9-7-15-5-4-10(9)17-18-13;/h2-3,6,15,19H,4-5,7H2,1H3,(H,16,20)(H,17,18);1H. The molecule has 2 aromatic rings. The van der Waals surface area contributed by atoms with Gasteiger partial charge in [0.25, 0.3) is 5.91 Å². The molecule has 7 heteroatoms. The molecule has 0 radical (unpaired) electrons. The van der Waals surface area contributed by atoms with E-state index in [1.807, 2.05) is 13.0 Å². The molecule has 1 aliphatic heterocycles. The monoisotopic (exact) mass is 308 g/mol. The molecule has 0 unspecified atom stereocenters. The number of benzene rings is 1. The van der Waals surface area contributed by atoms with Gasteiger partial charge >= 0.3 is 0 Å². The third-order valence-electron chi connectivity index (χ3n) is 3.42. The predicted octanol–water partition coefficient (Wildman–Crippen LogP) is 1.74. The summed E-state index contributed by atoms with van der Waals surface area (Å²) in [4.78, 5) is 12.3. The summed E-state index contributed by atoms with van der Waals surface area (Å²) in [6.07, 6.45) is 0.839. The maximum Gasteiger partial charge on any atom is 0.276 e. The topological polar surface area (TPSA) is 90.0 Å². The van der Waals surface area contributed by atoms with E-state index in [1.165, 1.54) is 0 Å². The average Bonchev–Trinajstić information content (AvgIpc) is 2.86. The van der Waals surface area contributed by atoms with Crippen molar-refractivity contribution < 1.29 is 9.90 Å². The lowest BCUT2D eigenvalue weighted by Crippen LogP contribution is -2.25. The maximum absolute atomic E-state index is 12.3. The van der Waals surface area contributed by atoms with Crippen LogP contribution in [-0.2, 0) is 13.0 Å². The average molecular weight is 309 g/mol. The second-order valence-electron chi connectivity index (χ2n) is 4.93. The predicted molar refractivity (Wildman–Crippen MR) is 82.0 cm³/mol. The number of phenolic OH excluding ortho intramolecular Hbond substituents is 1. The summed E-state index contributed by atoms with van der Waals surface area (Å²) in [6.45, 7) is 3.39. The van der Waals surface area contributed by atoms with E-state index in [1.54, 1.807) is 12.1 Å². The zero-order chi connectivity index (χ0) is 14.1. The molecule has 0 spiro atoms. The molecular weight excluding hydrogens is 292 g/mol. The Balaban J connectivity index is 0.00000161. The first-order valence-electron chi connectivity index (χ1n) is 6.53. The molecule has 0 saturated heterocycles. The van der Waals surface area contributed by atoms with E-state index in [4.69, 9.17) is 0 Å². The first-order chi connectivity index (χ1) is 9.65. The number of halogens is 1. The lowest BCUT2D eigenvalue weighted by atomic mass is 10.1. The summed E-state index contributed by atoms with van der Waals surface area (Å²) in [7, 11) is 0. The molecule has 2 heterocycles. The largest absolute Gasteiger partial charge is 0.506 e. The van der Waals surface area contributed by atoms with Crippen LogP contribution in [0.4, 0.5) is 5.69 Å². The molecule has 0 atom stereocenters. The van der Waals surface area contributed by atoms with Crippen molar-refractivity contribution in [2.24, 2.45) is 0 Å². The Morgan fingerprint density at radius 1 is 1.43 bits per heavy atom. The zero-order valence-electron chi connectivity index (χ0n) is 11.6. The van der Waals surface area contributed by atoms with Gasteiger partial charge in [-0.05, 0) is 24.6 Å². The van der Waals surface area contributed by atoms with Crippen LogP contribution in [0.2, 0.25) is 0 Å². The van der Waals surface area contributed by atoms with Gasteiger partial charge in [0.2, 0.25) is 0 Å². The molecule has 0 bridgehead atoms. The summed E-state index contributed by atoms with van der Waals surface area (Å²) < 4.78 is 0. The quantitative estimate of drug-likeness (QED) is 0.636. The zero-order valence-corrected chi connectivity index (χ0v) is 12.4. The minimum atomic E-state index is -0.314. The van der Waals surface area contributed by atoms with Gasteiger partial charge in [0, 0.05) is 30.8 Å². The van der Waals surface area contributed by atoms with E-state index in [9.17, 15) is 9.90 Å². The van der Waals surface area contributed by atoms with Crippen LogP contribution in [0.5, 0.6) is 5.75 Å². The summed E-state index contributed by atoms with van der Waals surface area (Å²) >= 11 is 0. The van der Waals surface area contributed by atoms with E-state index in [-0.39, 0.29) is 24.1 Å². The van der Waals surface area contributed by atoms with Gasteiger partial charge in [-0.1, -0.05) is 6.07 Å². The second-order valence-corrected chi connectivity index (χ2v) is 4.93. The third-order valence-corrected chi connectivity index (χ3v) is 3.42. The van der Waals surface area contributed by atoms with Crippen molar-refractivity contribution in [2.45, 2.75) is 19.9 Å². The molecule has 1 amide bonds. The second kappa shape index (κ2) is 6.15. The van der Waals surface area contributed by atoms with Gasteiger partial charge < -0.3 is 15.7 Å². The number of hydrogen-bond acceptors (Lipinski definition) is 4. The van der Waals surface area contributed by atoms with Crippen LogP contribution < -0.4 is 10.6 Å². The van der Waals surface area contributed by atoms with Crippen LogP contribution in [0, 0.1) is 6.92 Å². The number of aromatic hydroxyl groups is 1. The Hall–Kier alpha value is -2.05. The van der Waals surface area contributed by atoms with Crippen LogP contribution in [0.25, 0.3) is 0 Å². The van der Waals surface area contributed by atoms with Gasteiger partial charge in [-0.3, -0.25) is 9.89 Å². The number of rotatable bonds is 2. The van der Waals surface area contributed by atoms with E-state index in [2.05, 4.69) is 20.8 Å². The Morgan fingerprint density at radius 3 is 3.00 bits per heavy atom. The number of phenols is 1. The molecule has 6 nitrogen and oxygen atoms in total. The van der Waals surface area contributed by atoms with E-state index >= 15 is 0 Å². The van der Waals surface area contributed by atoms with Crippen molar-refractivity contribution in [3.8, 4) is 5.75 Å². The number of fused-ring (bicyclic) bond motifs is 1. The molecule has 0 fully saturated rings. The molecule has 0 aliphatic carbocycles. The number of H-pyrrole nitrogens is 1. The highest BCUT2D eigenvalue weighted by molar-refractivity contribution is 6.04. The molecule has 1 aromatic heterocycles. The number of amides is 1. The van der Waals surface area contributed by atoms with Crippen LogP contribution in [0.3, 0.4) is 0 Å². The minimum Gasteiger partial charge on any atom is -0.506 e. The normalized spacial score (nSPS) is 13.2. The molecule has 0 saturated carbocycles. The van der Waals surface area contributed by atoms with Crippen molar-refractivity contribution >= 4 is 24.0 Å². The maximum atomic E-state index is 12.3. The number of aromatic nitrogens is 2. The summed E-state index contributed by atoms with van der Waals surface area (Å²) in [5, 5.41) is 22.7. The Labute approximate surface area is 128 Å². The van der Waals surface area contributed by atoms with Crippen LogP contribution in [0.15, 0.2) is 18.2 Å². The van der Waals surface area contributed by atoms with E-state index in [0.717, 1.165) is 29.8 Å². The van der Waals surface area contributed by atoms with Crippen LogP contribution in [-0.4, -0.2) is 27.8 Å². The number of carbonyl (C=O) groups is 1. The third kappa shape index (κ3) is 3.01. The van der Waals surface area contributed by atoms with Gasteiger partial charge in [-0.2, -0.15) is 5.10 Å². The van der Waals surface area contributed by atoms with Crippen molar-refractivity contribution in [1.29, 1.82) is 0 Å². The van der Waals surface area contributed by atoms with Gasteiger partial charge in [0.05, 0.1) is 5.69 Å². The van der Waals surface area contributed by atoms with Crippen LogP contribution in [0.1, 0.15) is 27.3 Å². The number of aryl methyl sites for hydroxylation is 1. The molecule has 112 valence electrons. The Kier molecular flexibility index (Phi) is 4.50. The van der Waals surface area contributed by atoms with E-state index in [0.29, 0.717) is 17.9 Å². The Bertz CT molecular complexity index is 669. The van der Waals surface area contributed by atoms with Crippen molar-refractivity contribution in [1.82, 2.24) is 15.5 Å². The van der Waals surface area contributed by atoms with Crippen LogP contribution >= 0.6 is 12.4 Å². The first kappa shape index (κ1) is 15.3. The number of nitrogens with zero attached hydrogens (tertiary/aromatic N) is 1. The van der Waals surface area contributed by atoms with Gasteiger partial charge in [0.15, 0.2) is 5.69 Å². The fourth-order valence-electron chi connectivity index (χ4n) is 2.34. The highest BCUT2D eigenvalue weighted by Gasteiger charge is 2.22. The highest BCUT2D eigenvalue weighted by Crippen LogP contribution is 2.25. The summed E-state index contributed by atoms with van der Waals surface area (Å²) in [6, 6.07) is 5.12. The molecule has 1 aliphatic rings. The molecule has 3 rings (SSSR count). The first-order valence-corrected chi connectivity index (χ1v) is 6.53.